The highest BCUT2D eigenvalue weighted by Gasteiger charge is 2.48. The van der Waals surface area contributed by atoms with Gasteiger partial charge in [-0.15, -0.1) is 0 Å². The standard InChI is InChI=1S/C27H34N2O6/c1-4-12-28(13-5-2)24(30)16-29-15-21(19-8-11-22-23(14-19)35-17-34-22)25(27(31)32)26(29)18-6-9-20(33-3)10-7-18/h6-11,14,21,25-26H,4-5,12-13,15-17H2,1-3H3,(H,31,32)/t21-,25+,26-/m1/s1. The Kier molecular flexibility index (Phi) is 7.80. The van der Waals surface area contributed by atoms with E-state index in [-0.39, 0.29) is 25.2 Å². The molecule has 2 aliphatic heterocycles. The fraction of sp³-hybridized carbons (Fsp3) is 0.481. The van der Waals surface area contributed by atoms with E-state index in [9.17, 15) is 14.7 Å². The van der Waals surface area contributed by atoms with Crippen molar-refractivity contribution in [2.45, 2.75) is 38.6 Å². The number of carboxylic acids is 1. The number of carbonyl (C=O) groups is 2. The quantitative estimate of drug-likeness (QED) is 0.549. The highest BCUT2D eigenvalue weighted by Crippen LogP contribution is 2.47. The van der Waals surface area contributed by atoms with Gasteiger partial charge in [0.2, 0.25) is 12.7 Å². The molecule has 3 atom stereocenters. The first-order chi connectivity index (χ1) is 17.0. The number of methoxy groups -OCH3 is 1. The number of carboxylic acid groups (broad SMARTS) is 1. The van der Waals surface area contributed by atoms with E-state index in [1.165, 1.54) is 0 Å². The Morgan fingerprint density at radius 3 is 2.31 bits per heavy atom. The largest absolute Gasteiger partial charge is 0.497 e. The smallest absolute Gasteiger partial charge is 0.309 e. The number of nitrogens with zero attached hydrogens (tertiary/aromatic N) is 2. The molecule has 2 aromatic rings. The average molecular weight is 483 g/mol. The SMILES string of the molecule is CCCN(CCC)C(=O)CN1C[C@H](c2ccc3c(c2)OCO3)[C@H](C(=O)O)[C@H]1c1ccc(OC)cc1. The number of hydrogen-bond donors (Lipinski definition) is 1. The molecule has 0 bridgehead atoms. The number of hydrogen-bond acceptors (Lipinski definition) is 6. The van der Waals surface area contributed by atoms with E-state index in [0.29, 0.717) is 36.9 Å². The molecule has 1 saturated heterocycles. The number of ether oxygens (including phenoxy) is 3. The molecule has 2 heterocycles. The third-order valence-corrected chi connectivity index (χ3v) is 6.84. The number of likely N-dealkylation sites (tertiary alicyclic amines) is 1. The summed E-state index contributed by atoms with van der Waals surface area (Å²) < 4.78 is 16.3. The van der Waals surface area contributed by atoms with E-state index >= 15 is 0 Å². The van der Waals surface area contributed by atoms with Crippen LogP contribution < -0.4 is 14.2 Å². The molecule has 2 aromatic carbocycles. The fourth-order valence-corrected chi connectivity index (χ4v) is 5.25. The number of amides is 1. The zero-order chi connectivity index (χ0) is 24.9. The molecule has 0 radical (unpaired) electrons. The monoisotopic (exact) mass is 482 g/mol. The Morgan fingerprint density at radius 2 is 1.69 bits per heavy atom. The lowest BCUT2D eigenvalue weighted by atomic mass is 9.82. The molecule has 0 aromatic heterocycles. The number of aliphatic carboxylic acids is 1. The predicted molar refractivity (Wildman–Crippen MR) is 131 cm³/mol. The third kappa shape index (κ3) is 5.22. The predicted octanol–water partition coefficient (Wildman–Crippen LogP) is 3.91. The summed E-state index contributed by atoms with van der Waals surface area (Å²) in [5, 5.41) is 10.4. The Bertz CT molecular complexity index is 1030. The van der Waals surface area contributed by atoms with E-state index in [1.54, 1.807) is 7.11 Å². The molecule has 8 heteroatoms. The normalized spacial score (nSPS) is 21.2. The van der Waals surface area contributed by atoms with Gasteiger partial charge in [-0.25, -0.2) is 0 Å². The van der Waals surface area contributed by atoms with Crippen LogP contribution in [0.5, 0.6) is 17.2 Å². The van der Waals surface area contributed by atoms with Crippen LogP contribution in [0.4, 0.5) is 0 Å². The van der Waals surface area contributed by atoms with Crippen LogP contribution in [0.2, 0.25) is 0 Å². The maximum Gasteiger partial charge on any atom is 0.309 e. The van der Waals surface area contributed by atoms with Crippen LogP contribution >= 0.6 is 0 Å². The van der Waals surface area contributed by atoms with Gasteiger partial charge in [-0.2, -0.15) is 0 Å². The number of fused-ring (bicyclic) bond motifs is 1. The van der Waals surface area contributed by atoms with Crippen molar-refractivity contribution in [1.29, 1.82) is 0 Å². The minimum Gasteiger partial charge on any atom is -0.497 e. The summed E-state index contributed by atoms with van der Waals surface area (Å²) in [6.07, 6.45) is 1.76. The fourth-order valence-electron chi connectivity index (χ4n) is 5.25. The van der Waals surface area contributed by atoms with E-state index in [0.717, 1.165) is 24.0 Å². The second-order valence-electron chi connectivity index (χ2n) is 9.11. The summed E-state index contributed by atoms with van der Waals surface area (Å²) in [4.78, 5) is 29.9. The van der Waals surface area contributed by atoms with Gasteiger partial charge in [0.25, 0.3) is 0 Å². The van der Waals surface area contributed by atoms with Gasteiger partial charge in [0.15, 0.2) is 11.5 Å². The van der Waals surface area contributed by atoms with Crippen molar-refractivity contribution in [2.75, 3.05) is 40.1 Å². The van der Waals surface area contributed by atoms with Crippen molar-refractivity contribution in [3.63, 3.8) is 0 Å². The average Bonchev–Trinajstić information content (AvgIpc) is 3.48. The Morgan fingerprint density at radius 1 is 1.03 bits per heavy atom. The van der Waals surface area contributed by atoms with Crippen molar-refractivity contribution in [3.05, 3.63) is 53.6 Å². The van der Waals surface area contributed by atoms with Crippen molar-refractivity contribution in [3.8, 4) is 17.2 Å². The van der Waals surface area contributed by atoms with Gasteiger partial charge in [-0.05, 0) is 48.2 Å². The van der Waals surface area contributed by atoms with E-state index in [1.807, 2.05) is 52.3 Å². The molecule has 0 aliphatic carbocycles. The number of rotatable bonds is 10. The summed E-state index contributed by atoms with van der Waals surface area (Å²) in [6.45, 7) is 6.28. The summed E-state index contributed by atoms with van der Waals surface area (Å²) >= 11 is 0. The molecule has 0 unspecified atom stereocenters. The highest BCUT2D eigenvalue weighted by molar-refractivity contribution is 5.79. The molecule has 1 amide bonds. The molecule has 0 saturated carbocycles. The van der Waals surface area contributed by atoms with Crippen molar-refractivity contribution < 1.29 is 28.9 Å². The van der Waals surface area contributed by atoms with Gasteiger partial charge in [0, 0.05) is 31.6 Å². The van der Waals surface area contributed by atoms with Crippen molar-refractivity contribution in [2.24, 2.45) is 5.92 Å². The molecule has 1 fully saturated rings. The number of benzene rings is 2. The maximum atomic E-state index is 13.3. The first-order valence-corrected chi connectivity index (χ1v) is 12.2. The first-order valence-electron chi connectivity index (χ1n) is 12.2. The van der Waals surface area contributed by atoms with Gasteiger partial charge >= 0.3 is 5.97 Å². The van der Waals surface area contributed by atoms with Gasteiger partial charge in [0.1, 0.15) is 5.75 Å². The summed E-state index contributed by atoms with van der Waals surface area (Å²) in [5.41, 5.74) is 1.72. The van der Waals surface area contributed by atoms with Crippen LogP contribution in [0.25, 0.3) is 0 Å². The van der Waals surface area contributed by atoms with Crippen molar-refractivity contribution in [1.82, 2.24) is 9.80 Å². The lowest BCUT2D eigenvalue weighted by molar-refractivity contribution is -0.144. The Labute approximate surface area is 206 Å². The van der Waals surface area contributed by atoms with Crippen LogP contribution in [-0.4, -0.2) is 66.9 Å². The Balaban J connectivity index is 1.70. The summed E-state index contributed by atoms with van der Waals surface area (Å²) in [5.74, 6) is 0.0807. The third-order valence-electron chi connectivity index (χ3n) is 6.84. The van der Waals surface area contributed by atoms with E-state index < -0.39 is 17.9 Å². The molecule has 2 aliphatic rings. The van der Waals surface area contributed by atoms with Gasteiger partial charge in [-0.1, -0.05) is 32.0 Å². The Hall–Kier alpha value is -3.26. The van der Waals surface area contributed by atoms with Crippen LogP contribution in [0.15, 0.2) is 42.5 Å². The number of carbonyl (C=O) groups excluding carboxylic acids is 1. The lowest BCUT2D eigenvalue weighted by Gasteiger charge is -2.29. The first kappa shape index (κ1) is 24.9. The van der Waals surface area contributed by atoms with E-state index in [2.05, 4.69) is 13.8 Å². The molecular formula is C27H34N2O6. The molecule has 188 valence electrons. The van der Waals surface area contributed by atoms with E-state index in [4.69, 9.17) is 14.2 Å². The molecule has 8 nitrogen and oxygen atoms in total. The second-order valence-corrected chi connectivity index (χ2v) is 9.11. The molecular weight excluding hydrogens is 448 g/mol. The minimum absolute atomic E-state index is 0.0303. The zero-order valence-electron chi connectivity index (χ0n) is 20.6. The van der Waals surface area contributed by atoms with Gasteiger partial charge in [-0.3, -0.25) is 14.5 Å². The highest BCUT2D eigenvalue weighted by atomic mass is 16.7. The molecule has 1 N–H and O–H groups in total. The van der Waals surface area contributed by atoms with Gasteiger partial charge < -0.3 is 24.2 Å². The van der Waals surface area contributed by atoms with Crippen LogP contribution in [0.3, 0.4) is 0 Å². The van der Waals surface area contributed by atoms with Crippen LogP contribution in [0, 0.1) is 5.92 Å². The summed E-state index contributed by atoms with van der Waals surface area (Å²) in [7, 11) is 1.60. The molecule has 4 rings (SSSR count). The van der Waals surface area contributed by atoms with Gasteiger partial charge in [0.05, 0.1) is 19.6 Å². The maximum absolute atomic E-state index is 13.3. The van der Waals surface area contributed by atoms with Crippen molar-refractivity contribution >= 4 is 11.9 Å². The van der Waals surface area contributed by atoms with Crippen LogP contribution in [0.1, 0.15) is 49.8 Å². The van der Waals surface area contributed by atoms with Crippen LogP contribution in [-0.2, 0) is 9.59 Å². The minimum atomic E-state index is -0.887. The topological polar surface area (TPSA) is 88.5 Å². The molecule has 0 spiro atoms. The second kappa shape index (κ2) is 11.0. The molecule has 35 heavy (non-hydrogen) atoms. The summed E-state index contributed by atoms with van der Waals surface area (Å²) in [6, 6.07) is 12.6. The zero-order valence-corrected chi connectivity index (χ0v) is 20.6. The lowest BCUT2D eigenvalue weighted by Crippen LogP contribution is -2.41.